The lowest BCUT2D eigenvalue weighted by atomic mass is 9.92. The topological polar surface area (TPSA) is 87.0 Å². The highest BCUT2D eigenvalue weighted by Gasteiger charge is 2.31. The number of aliphatic hydroxyl groups excluding tert-OH is 3. The van der Waals surface area contributed by atoms with Gasteiger partial charge in [0.2, 0.25) is 0 Å². The molecule has 0 saturated carbocycles. The molecule has 1 aliphatic rings. The van der Waals surface area contributed by atoms with Crippen molar-refractivity contribution in [2.75, 3.05) is 7.11 Å². The van der Waals surface area contributed by atoms with Crippen LogP contribution in [0, 0.1) is 0 Å². The molecule has 0 aromatic rings. The average molecular weight is 188 g/mol. The number of carbonyl (C=O) groups excluding carboxylic acids is 1. The largest absolute Gasteiger partial charge is 0.466 e. The lowest BCUT2D eigenvalue weighted by Gasteiger charge is -2.26. The average Bonchev–Trinajstić information content (AvgIpc) is 2.12. The first-order chi connectivity index (χ1) is 6.06. The summed E-state index contributed by atoms with van der Waals surface area (Å²) in [5.41, 5.74) is 0.188. The number of esters is 1. The minimum atomic E-state index is -1.23. The summed E-state index contributed by atoms with van der Waals surface area (Å²) in [6.45, 7) is 0. The van der Waals surface area contributed by atoms with E-state index in [1.54, 1.807) is 0 Å². The Labute approximate surface area is 75.3 Å². The third-order valence-corrected chi connectivity index (χ3v) is 1.99. The molecule has 0 amide bonds. The predicted octanol–water partition coefficient (Wildman–Crippen LogP) is -1.43. The number of ether oxygens (including phenoxy) is 1. The number of rotatable bonds is 1. The molecule has 3 N–H and O–H groups in total. The maximum Gasteiger partial charge on any atom is 0.333 e. The van der Waals surface area contributed by atoms with E-state index < -0.39 is 24.3 Å². The van der Waals surface area contributed by atoms with Crippen molar-refractivity contribution in [3.05, 3.63) is 11.6 Å². The maximum atomic E-state index is 11.0. The van der Waals surface area contributed by atoms with Gasteiger partial charge in [0.05, 0.1) is 13.2 Å². The van der Waals surface area contributed by atoms with Crippen molar-refractivity contribution in [3.8, 4) is 0 Å². The zero-order chi connectivity index (χ0) is 10.0. The normalized spacial score (nSPS) is 33.8. The van der Waals surface area contributed by atoms with E-state index >= 15 is 0 Å². The van der Waals surface area contributed by atoms with Crippen LogP contribution >= 0.6 is 0 Å². The Morgan fingerprint density at radius 1 is 1.54 bits per heavy atom. The third kappa shape index (κ3) is 2.06. The first-order valence-corrected chi connectivity index (χ1v) is 3.89. The van der Waals surface area contributed by atoms with Crippen molar-refractivity contribution in [1.82, 2.24) is 0 Å². The Balaban J connectivity index is 2.78. The van der Waals surface area contributed by atoms with Gasteiger partial charge in [-0.2, -0.15) is 0 Å². The quantitative estimate of drug-likeness (QED) is 0.439. The minimum Gasteiger partial charge on any atom is -0.466 e. The van der Waals surface area contributed by atoms with Crippen LogP contribution in [0.2, 0.25) is 0 Å². The fourth-order valence-electron chi connectivity index (χ4n) is 1.23. The molecule has 0 unspecified atom stereocenters. The van der Waals surface area contributed by atoms with Crippen LogP contribution in [0.25, 0.3) is 0 Å². The monoisotopic (exact) mass is 188 g/mol. The van der Waals surface area contributed by atoms with Crippen LogP contribution in [0.1, 0.15) is 6.42 Å². The summed E-state index contributed by atoms with van der Waals surface area (Å²) < 4.78 is 4.41. The SMILES string of the molecule is CO[12C](=O)C1=C[C@@H](O)[C@@H](O)[C@H](O)C1. The van der Waals surface area contributed by atoms with E-state index in [9.17, 15) is 9.90 Å². The second-order valence-electron chi connectivity index (χ2n) is 2.94. The standard InChI is InChI=1S/C8H12O5/c1-13-8(12)4-2-5(9)7(11)6(10)3-4/h2,5-7,9-11H,3H2,1H3/t5-,6-,7-/m1/s1/i8+0. The Bertz CT molecular complexity index is 235. The molecule has 0 aromatic heterocycles. The highest BCUT2D eigenvalue weighted by Crippen LogP contribution is 2.20. The molecule has 0 fully saturated rings. The number of hydrogen-bond donors (Lipinski definition) is 3. The Hall–Kier alpha value is -0.910. The molecule has 0 spiro atoms. The molecule has 0 aliphatic heterocycles. The van der Waals surface area contributed by atoms with Crippen LogP contribution in [0.15, 0.2) is 11.6 Å². The zero-order valence-corrected chi connectivity index (χ0v) is 7.17. The number of aliphatic hydroxyl groups is 3. The van der Waals surface area contributed by atoms with Crippen molar-refractivity contribution in [2.45, 2.75) is 24.7 Å². The van der Waals surface area contributed by atoms with Gasteiger partial charge in [-0.15, -0.1) is 0 Å². The Morgan fingerprint density at radius 2 is 2.15 bits per heavy atom. The molecule has 5 heteroatoms. The van der Waals surface area contributed by atoms with E-state index in [0.717, 1.165) is 0 Å². The summed E-state index contributed by atoms with van der Waals surface area (Å²) in [5.74, 6) is -0.593. The first-order valence-electron chi connectivity index (χ1n) is 3.89. The molecule has 74 valence electrons. The fraction of sp³-hybridized carbons (Fsp3) is 0.625. The van der Waals surface area contributed by atoms with Crippen LogP contribution < -0.4 is 0 Å². The van der Waals surface area contributed by atoms with E-state index in [-0.39, 0.29) is 12.0 Å². The van der Waals surface area contributed by atoms with E-state index in [2.05, 4.69) is 4.74 Å². The van der Waals surface area contributed by atoms with Gasteiger partial charge in [-0.05, 0) is 6.08 Å². The van der Waals surface area contributed by atoms with Crippen molar-refractivity contribution >= 4 is 5.97 Å². The summed E-state index contributed by atoms with van der Waals surface area (Å²) in [6.07, 6.45) is -2.35. The Morgan fingerprint density at radius 3 is 2.62 bits per heavy atom. The summed E-state index contributed by atoms with van der Waals surface area (Å²) in [4.78, 5) is 11.0. The third-order valence-electron chi connectivity index (χ3n) is 1.99. The second-order valence-corrected chi connectivity index (χ2v) is 2.94. The van der Waals surface area contributed by atoms with Crippen molar-refractivity contribution < 1.29 is 24.9 Å². The van der Waals surface area contributed by atoms with Crippen molar-refractivity contribution in [2.24, 2.45) is 0 Å². The molecule has 0 radical (unpaired) electrons. The van der Waals surface area contributed by atoms with Crippen LogP contribution in [0.4, 0.5) is 0 Å². The lowest BCUT2D eigenvalue weighted by Crippen LogP contribution is -2.40. The number of hydrogen-bond acceptors (Lipinski definition) is 5. The van der Waals surface area contributed by atoms with Crippen LogP contribution in [0.5, 0.6) is 0 Å². The minimum absolute atomic E-state index is 0.00486. The highest BCUT2D eigenvalue weighted by molar-refractivity contribution is 5.88. The van der Waals surface area contributed by atoms with Crippen molar-refractivity contribution in [1.29, 1.82) is 0 Å². The van der Waals surface area contributed by atoms with Gasteiger partial charge < -0.3 is 20.1 Å². The van der Waals surface area contributed by atoms with Gasteiger partial charge in [0.15, 0.2) is 0 Å². The van der Waals surface area contributed by atoms with Crippen molar-refractivity contribution in [3.63, 3.8) is 0 Å². The second kappa shape index (κ2) is 3.87. The first kappa shape index (κ1) is 10.2. The van der Waals surface area contributed by atoms with Gasteiger partial charge in [0, 0.05) is 12.0 Å². The molecular formula is C8H12O5. The van der Waals surface area contributed by atoms with Gasteiger partial charge in [-0.25, -0.2) is 4.79 Å². The van der Waals surface area contributed by atoms with Gasteiger partial charge >= 0.3 is 5.97 Å². The molecule has 3 atom stereocenters. The molecular weight excluding hydrogens is 176 g/mol. The Kier molecular flexibility index (Phi) is 3.02. The van der Waals surface area contributed by atoms with E-state index in [1.165, 1.54) is 13.2 Å². The molecule has 0 bridgehead atoms. The smallest absolute Gasteiger partial charge is 0.333 e. The van der Waals surface area contributed by atoms with Gasteiger partial charge in [-0.3, -0.25) is 0 Å². The molecule has 1 aliphatic carbocycles. The maximum absolute atomic E-state index is 11.0. The summed E-state index contributed by atoms with van der Waals surface area (Å²) in [7, 11) is 1.22. The van der Waals surface area contributed by atoms with E-state index in [4.69, 9.17) is 10.2 Å². The van der Waals surface area contributed by atoms with Crippen LogP contribution in [-0.4, -0.2) is 46.7 Å². The van der Waals surface area contributed by atoms with E-state index in [0.29, 0.717) is 0 Å². The zero-order valence-electron chi connectivity index (χ0n) is 7.17. The van der Waals surface area contributed by atoms with Gasteiger partial charge in [-0.1, -0.05) is 0 Å². The lowest BCUT2D eigenvalue weighted by molar-refractivity contribution is -0.137. The molecule has 5 nitrogen and oxygen atoms in total. The van der Waals surface area contributed by atoms with Crippen LogP contribution in [-0.2, 0) is 9.53 Å². The summed E-state index contributed by atoms with van der Waals surface area (Å²) in [5, 5.41) is 27.5. The molecule has 0 heterocycles. The molecule has 0 saturated heterocycles. The summed E-state index contributed by atoms with van der Waals surface area (Å²) >= 11 is 0. The van der Waals surface area contributed by atoms with Crippen LogP contribution in [0.3, 0.4) is 0 Å². The van der Waals surface area contributed by atoms with Gasteiger partial charge in [0.25, 0.3) is 0 Å². The highest BCUT2D eigenvalue weighted by atomic mass is 16.5. The number of methoxy groups -OCH3 is 1. The molecule has 1 rings (SSSR count). The molecule has 0 aromatic carbocycles. The predicted molar refractivity (Wildman–Crippen MR) is 42.7 cm³/mol. The molecule has 13 heavy (non-hydrogen) atoms. The van der Waals surface area contributed by atoms with E-state index in [1.807, 2.05) is 0 Å². The summed E-state index contributed by atoms with van der Waals surface area (Å²) in [6, 6.07) is 0. The fourth-order valence-corrected chi connectivity index (χ4v) is 1.23. The van der Waals surface area contributed by atoms with Gasteiger partial charge in [0.1, 0.15) is 12.2 Å². The number of carbonyl (C=O) groups is 1.